The Morgan fingerprint density at radius 1 is 1.25 bits per heavy atom. The molecule has 0 rings (SSSR count). The van der Waals surface area contributed by atoms with Crippen LogP contribution in [0.4, 0.5) is 0 Å². The van der Waals surface area contributed by atoms with Crippen molar-refractivity contribution in [2.24, 2.45) is 11.8 Å². The molecule has 0 saturated carbocycles. The minimum Gasteiger partial charge on any atom is -0.298 e. The first-order valence-electron chi connectivity index (χ1n) is 4.54. The van der Waals surface area contributed by atoms with Gasteiger partial charge >= 0.3 is 0 Å². The molecule has 0 fully saturated rings. The Hall–Kier alpha value is 0.0200. The zero-order valence-corrected chi connectivity index (χ0v) is 9.57. The second kappa shape index (κ2) is 5.63. The van der Waals surface area contributed by atoms with Crippen LogP contribution in [0.2, 0.25) is 0 Å². The van der Waals surface area contributed by atoms with Crippen LogP contribution < -0.4 is 0 Å². The van der Waals surface area contributed by atoms with Gasteiger partial charge in [0.05, 0.1) is 5.25 Å². The summed E-state index contributed by atoms with van der Waals surface area (Å²) >= 11 is 1.68. The van der Waals surface area contributed by atoms with E-state index in [0.29, 0.717) is 17.6 Å². The lowest BCUT2D eigenvalue weighted by Gasteiger charge is -2.17. The number of hydrogen-bond donors (Lipinski definition) is 0. The Balaban J connectivity index is 4.04. The highest BCUT2D eigenvalue weighted by Gasteiger charge is 2.20. The zero-order chi connectivity index (χ0) is 9.72. The van der Waals surface area contributed by atoms with E-state index in [2.05, 4.69) is 27.7 Å². The largest absolute Gasteiger partial charge is 0.298 e. The van der Waals surface area contributed by atoms with E-state index in [1.807, 2.05) is 6.26 Å². The molecular formula is C10H20OS. The third-order valence-corrected chi connectivity index (χ3v) is 3.10. The topological polar surface area (TPSA) is 17.1 Å². The molecule has 0 saturated heterocycles. The van der Waals surface area contributed by atoms with Gasteiger partial charge in [-0.1, -0.05) is 27.7 Å². The second-order valence-corrected chi connectivity index (χ2v) is 4.94. The minimum atomic E-state index is 0.201. The predicted molar refractivity (Wildman–Crippen MR) is 56.6 cm³/mol. The summed E-state index contributed by atoms with van der Waals surface area (Å²) in [6, 6.07) is 0. The normalized spacial score (nSPS) is 13.9. The Morgan fingerprint density at radius 3 is 2.00 bits per heavy atom. The van der Waals surface area contributed by atoms with Crippen LogP contribution in [0.25, 0.3) is 0 Å². The van der Waals surface area contributed by atoms with Gasteiger partial charge in [-0.3, -0.25) is 4.79 Å². The molecule has 0 bridgehead atoms. The Labute approximate surface area is 80.3 Å². The van der Waals surface area contributed by atoms with Gasteiger partial charge in [-0.25, -0.2) is 0 Å². The van der Waals surface area contributed by atoms with E-state index in [0.717, 1.165) is 6.42 Å². The summed E-state index contributed by atoms with van der Waals surface area (Å²) < 4.78 is 0. The molecule has 0 aliphatic carbocycles. The van der Waals surface area contributed by atoms with E-state index in [-0.39, 0.29) is 5.25 Å². The number of carbonyl (C=O) groups is 1. The first-order valence-corrected chi connectivity index (χ1v) is 5.83. The van der Waals surface area contributed by atoms with Crippen molar-refractivity contribution in [1.82, 2.24) is 0 Å². The van der Waals surface area contributed by atoms with E-state index < -0.39 is 0 Å². The molecule has 0 aromatic carbocycles. The number of Topliss-reactive ketones (excluding diaryl/α,β-unsaturated/α-hetero) is 1. The molecule has 1 unspecified atom stereocenters. The number of thioether (sulfide) groups is 1. The zero-order valence-electron chi connectivity index (χ0n) is 8.76. The van der Waals surface area contributed by atoms with Crippen LogP contribution >= 0.6 is 11.8 Å². The summed E-state index contributed by atoms with van der Waals surface area (Å²) in [4.78, 5) is 11.6. The molecule has 0 N–H and O–H groups in total. The molecule has 1 atom stereocenters. The van der Waals surface area contributed by atoms with Gasteiger partial charge in [0.1, 0.15) is 5.78 Å². The highest BCUT2D eigenvalue weighted by molar-refractivity contribution is 7.99. The SMILES string of the molecule is CSC(C(=O)CC(C)C)C(C)C. The monoisotopic (exact) mass is 188 g/mol. The van der Waals surface area contributed by atoms with Crippen molar-refractivity contribution >= 4 is 17.5 Å². The number of rotatable bonds is 5. The highest BCUT2D eigenvalue weighted by Crippen LogP contribution is 2.20. The fourth-order valence-corrected chi connectivity index (χ4v) is 2.20. The summed E-state index contributed by atoms with van der Waals surface area (Å²) in [6.07, 6.45) is 2.74. The molecule has 0 aliphatic rings. The first kappa shape index (κ1) is 12.0. The van der Waals surface area contributed by atoms with Crippen molar-refractivity contribution in [3.05, 3.63) is 0 Å². The van der Waals surface area contributed by atoms with Crippen LogP contribution in [0, 0.1) is 11.8 Å². The molecular weight excluding hydrogens is 168 g/mol. The highest BCUT2D eigenvalue weighted by atomic mass is 32.2. The van der Waals surface area contributed by atoms with Crippen molar-refractivity contribution < 1.29 is 4.79 Å². The number of hydrogen-bond acceptors (Lipinski definition) is 2. The summed E-state index contributed by atoms with van der Waals surface area (Å²) in [5.41, 5.74) is 0. The van der Waals surface area contributed by atoms with Crippen molar-refractivity contribution in [3.63, 3.8) is 0 Å². The predicted octanol–water partition coefficient (Wildman–Crippen LogP) is 2.99. The van der Waals surface area contributed by atoms with Crippen LogP contribution in [0.5, 0.6) is 0 Å². The van der Waals surface area contributed by atoms with E-state index in [4.69, 9.17) is 0 Å². The molecule has 0 radical (unpaired) electrons. The summed E-state index contributed by atoms with van der Waals surface area (Å²) in [5, 5.41) is 0.201. The maximum Gasteiger partial charge on any atom is 0.146 e. The van der Waals surface area contributed by atoms with Gasteiger partial charge in [0, 0.05) is 6.42 Å². The Bertz CT molecular complexity index is 141. The fraction of sp³-hybridized carbons (Fsp3) is 0.900. The van der Waals surface area contributed by atoms with Gasteiger partial charge in [0.25, 0.3) is 0 Å². The molecule has 0 aromatic rings. The van der Waals surface area contributed by atoms with Gasteiger partial charge in [0.15, 0.2) is 0 Å². The van der Waals surface area contributed by atoms with Crippen LogP contribution in [0.3, 0.4) is 0 Å². The Kier molecular flexibility index (Phi) is 5.64. The third-order valence-electron chi connectivity index (χ3n) is 1.79. The van der Waals surface area contributed by atoms with Crippen LogP contribution in [-0.2, 0) is 4.79 Å². The second-order valence-electron chi connectivity index (χ2n) is 3.96. The maximum atomic E-state index is 11.6. The molecule has 0 aliphatic heterocycles. The van der Waals surface area contributed by atoms with Gasteiger partial charge in [-0.15, -0.1) is 0 Å². The molecule has 0 heterocycles. The number of carbonyl (C=O) groups excluding carboxylic acids is 1. The van der Waals surface area contributed by atoms with Crippen molar-refractivity contribution in [1.29, 1.82) is 0 Å². The van der Waals surface area contributed by atoms with E-state index in [1.165, 1.54) is 0 Å². The average Bonchev–Trinajstić information content (AvgIpc) is 1.85. The molecule has 1 nitrogen and oxygen atoms in total. The summed E-state index contributed by atoms with van der Waals surface area (Å²) in [5.74, 6) is 1.37. The minimum absolute atomic E-state index is 0.201. The molecule has 0 spiro atoms. The molecule has 0 aromatic heterocycles. The van der Waals surface area contributed by atoms with Crippen molar-refractivity contribution in [2.75, 3.05) is 6.26 Å². The van der Waals surface area contributed by atoms with Gasteiger partial charge < -0.3 is 0 Å². The molecule has 12 heavy (non-hydrogen) atoms. The van der Waals surface area contributed by atoms with Crippen LogP contribution in [-0.4, -0.2) is 17.3 Å². The third kappa shape index (κ3) is 4.15. The molecule has 72 valence electrons. The standard InChI is InChI=1S/C10H20OS/c1-7(2)6-9(11)10(12-5)8(3)4/h7-8,10H,6H2,1-5H3. The lowest BCUT2D eigenvalue weighted by atomic mass is 9.99. The molecule has 0 amide bonds. The average molecular weight is 188 g/mol. The fourth-order valence-electron chi connectivity index (χ4n) is 1.29. The van der Waals surface area contributed by atoms with Gasteiger partial charge in [0.2, 0.25) is 0 Å². The van der Waals surface area contributed by atoms with E-state index in [9.17, 15) is 4.79 Å². The van der Waals surface area contributed by atoms with Crippen LogP contribution in [0.15, 0.2) is 0 Å². The Morgan fingerprint density at radius 2 is 1.75 bits per heavy atom. The molecule has 2 heteroatoms. The summed E-state index contributed by atoms with van der Waals surface area (Å²) in [6.45, 7) is 8.41. The maximum absolute atomic E-state index is 11.6. The lowest BCUT2D eigenvalue weighted by molar-refractivity contribution is -0.119. The van der Waals surface area contributed by atoms with E-state index >= 15 is 0 Å². The van der Waals surface area contributed by atoms with E-state index in [1.54, 1.807) is 11.8 Å². The first-order chi connectivity index (χ1) is 5.49. The van der Waals surface area contributed by atoms with Crippen molar-refractivity contribution in [2.45, 2.75) is 39.4 Å². The van der Waals surface area contributed by atoms with Gasteiger partial charge in [-0.05, 0) is 18.1 Å². The van der Waals surface area contributed by atoms with Gasteiger partial charge in [-0.2, -0.15) is 11.8 Å². The summed E-state index contributed by atoms with van der Waals surface area (Å²) in [7, 11) is 0. The smallest absolute Gasteiger partial charge is 0.146 e. The lowest BCUT2D eigenvalue weighted by Crippen LogP contribution is -2.23. The number of ketones is 1. The quantitative estimate of drug-likeness (QED) is 0.660. The van der Waals surface area contributed by atoms with Crippen molar-refractivity contribution in [3.8, 4) is 0 Å². The van der Waals surface area contributed by atoms with Crippen LogP contribution in [0.1, 0.15) is 34.1 Å².